The number of nitrogens with zero attached hydrogens (tertiary/aromatic N) is 2. The second kappa shape index (κ2) is 9.12. The second-order valence-corrected chi connectivity index (χ2v) is 6.34. The van der Waals surface area contributed by atoms with Crippen LogP contribution in [0, 0.1) is 0 Å². The van der Waals surface area contributed by atoms with Crippen molar-refractivity contribution in [2.75, 3.05) is 13.1 Å². The highest BCUT2D eigenvalue weighted by Gasteiger charge is 2.27. The van der Waals surface area contributed by atoms with E-state index in [4.69, 9.17) is 0 Å². The number of carbonyl (C=O) groups is 2. The summed E-state index contributed by atoms with van der Waals surface area (Å²) < 4.78 is 0. The van der Waals surface area contributed by atoms with E-state index < -0.39 is 0 Å². The summed E-state index contributed by atoms with van der Waals surface area (Å²) in [7, 11) is 0. The second-order valence-electron chi connectivity index (χ2n) is 5.37. The van der Waals surface area contributed by atoms with Crippen LogP contribution in [0.25, 0.3) is 0 Å². The number of hydrogen-bond donors (Lipinski definition) is 1. The standard InChI is InChI=1S/C15H21N3O2S.ClH/c1-11(2)18(10-13(19)12-6-5-9-16-12)15(20)21-14-7-3-4-8-17-14;/h3-4,7-8,11-12,16H,5-6,9-10H2,1-2H3;1H/t12-;/m0./s1. The maximum Gasteiger partial charge on any atom is 0.288 e. The monoisotopic (exact) mass is 343 g/mol. The van der Waals surface area contributed by atoms with Gasteiger partial charge in [0.05, 0.1) is 12.6 Å². The zero-order chi connectivity index (χ0) is 15.2. The molecule has 0 saturated carbocycles. The number of pyridine rings is 1. The van der Waals surface area contributed by atoms with Crippen LogP contribution in [0.1, 0.15) is 26.7 Å². The third-order valence-electron chi connectivity index (χ3n) is 3.46. The highest BCUT2D eigenvalue weighted by atomic mass is 35.5. The Labute approximate surface area is 141 Å². The summed E-state index contributed by atoms with van der Waals surface area (Å²) in [6.07, 6.45) is 3.55. The maximum absolute atomic E-state index is 12.4. The molecule has 22 heavy (non-hydrogen) atoms. The van der Waals surface area contributed by atoms with Gasteiger partial charge in [-0.2, -0.15) is 0 Å². The molecule has 0 spiro atoms. The third kappa shape index (κ3) is 5.26. The molecular weight excluding hydrogens is 322 g/mol. The lowest BCUT2D eigenvalue weighted by Gasteiger charge is -2.26. The van der Waals surface area contributed by atoms with Crippen molar-refractivity contribution in [3.8, 4) is 0 Å². The minimum absolute atomic E-state index is 0. The van der Waals surface area contributed by atoms with Crippen LogP contribution in [0.15, 0.2) is 29.4 Å². The Bertz CT molecular complexity index is 493. The lowest BCUT2D eigenvalue weighted by molar-refractivity contribution is -0.121. The van der Waals surface area contributed by atoms with Crippen LogP contribution in [0.5, 0.6) is 0 Å². The quantitative estimate of drug-likeness (QED) is 0.833. The van der Waals surface area contributed by atoms with E-state index in [1.807, 2.05) is 26.0 Å². The van der Waals surface area contributed by atoms with Crippen molar-refractivity contribution in [3.63, 3.8) is 0 Å². The summed E-state index contributed by atoms with van der Waals surface area (Å²) >= 11 is 1.07. The van der Waals surface area contributed by atoms with Crippen LogP contribution >= 0.6 is 24.2 Å². The van der Waals surface area contributed by atoms with Crippen molar-refractivity contribution in [1.29, 1.82) is 0 Å². The van der Waals surface area contributed by atoms with Crippen molar-refractivity contribution in [1.82, 2.24) is 15.2 Å². The minimum Gasteiger partial charge on any atom is -0.323 e. The molecule has 1 saturated heterocycles. The minimum atomic E-state index is -0.130. The lowest BCUT2D eigenvalue weighted by Crippen LogP contribution is -2.44. The summed E-state index contributed by atoms with van der Waals surface area (Å²) in [5, 5.41) is 3.71. The molecule has 5 nitrogen and oxygen atoms in total. The number of Topliss-reactive ketones (excluding diaryl/α,β-unsaturated/α-hetero) is 1. The first-order valence-corrected chi connectivity index (χ1v) is 8.05. The van der Waals surface area contributed by atoms with Crippen molar-refractivity contribution in [2.24, 2.45) is 0 Å². The van der Waals surface area contributed by atoms with Gasteiger partial charge >= 0.3 is 0 Å². The summed E-state index contributed by atoms with van der Waals surface area (Å²) in [5.74, 6) is 0.0937. The molecule has 1 aromatic heterocycles. The summed E-state index contributed by atoms with van der Waals surface area (Å²) in [5.41, 5.74) is 0. The molecule has 1 N–H and O–H groups in total. The number of ketones is 1. The Morgan fingerprint density at radius 3 is 2.77 bits per heavy atom. The highest BCUT2D eigenvalue weighted by molar-refractivity contribution is 8.13. The van der Waals surface area contributed by atoms with E-state index in [1.165, 1.54) is 0 Å². The van der Waals surface area contributed by atoms with E-state index in [0.717, 1.165) is 31.1 Å². The smallest absolute Gasteiger partial charge is 0.288 e. The maximum atomic E-state index is 12.4. The van der Waals surface area contributed by atoms with Gasteiger partial charge in [0.25, 0.3) is 5.24 Å². The number of nitrogens with one attached hydrogen (secondary N) is 1. The van der Waals surface area contributed by atoms with Crippen LogP contribution in [0.3, 0.4) is 0 Å². The lowest BCUT2D eigenvalue weighted by atomic mass is 10.1. The van der Waals surface area contributed by atoms with Gasteiger partial charge in [-0.05, 0) is 57.1 Å². The van der Waals surface area contributed by atoms with E-state index in [1.54, 1.807) is 17.2 Å². The largest absolute Gasteiger partial charge is 0.323 e. The average Bonchev–Trinajstić information content (AvgIpc) is 2.99. The summed E-state index contributed by atoms with van der Waals surface area (Å²) in [4.78, 5) is 30.4. The van der Waals surface area contributed by atoms with E-state index >= 15 is 0 Å². The topological polar surface area (TPSA) is 62.3 Å². The molecular formula is C15H22ClN3O2S. The van der Waals surface area contributed by atoms with Crippen molar-refractivity contribution >= 4 is 35.2 Å². The molecule has 7 heteroatoms. The first-order chi connectivity index (χ1) is 10.1. The van der Waals surface area contributed by atoms with Gasteiger partial charge in [0.1, 0.15) is 5.03 Å². The Morgan fingerprint density at radius 1 is 1.45 bits per heavy atom. The number of hydrogen-bond acceptors (Lipinski definition) is 5. The van der Waals surface area contributed by atoms with Gasteiger partial charge < -0.3 is 10.2 Å². The van der Waals surface area contributed by atoms with Gasteiger partial charge in [-0.1, -0.05) is 6.07 Å². The first-order valence-electron chi connectivity index (χ1n) is 7.23. The molecule has 0 radical (unpaired) electrons. The number of aromatic nitrogens is 1. The number of rotatable bonds is 5. The number of carbonyl (C=O) groups excluding carboxylic acids is 2. The molecule has 0 bridgehead atoms. The van der Waals surface area contributed by atoms with E-state index in [0.29, 0.717) is 5.03 Å². The van der Waals surface area contributed by atoms with Crippen LogP contribution in [0.4, 0.5) is 4.79 Å². The predicted molar refractivity (Wildman–Crippen MR) is 90.6 cm³/mol. The van der Waals surface area contributed by atoms with Crippen molar-refractivity contribution in [2.45, 2.75) is 43.8 Å². The fraction of sp³-hybridized carbons (Fsp3) is 0.533. The number of thioether (sulfide) groups is 1. The Balaban J connectivity index is 0.00000242. The third-order valence-corrected chi connectivity index (χ3v) is 4.32. The van der Waals surface area contributed by atoms with Crippen LogP contribution in [0.2, 0.25) is 0 Å². The van der Waals surface area contributed by atoms with Crippen LogP contribution < -0.4 is 5.32 Å². The Hall–Kier alpha value is -1.11. The highest BCUT2D eigenvalue weighted by Crippen LogP contribution is 2.20. The molecule has 2 rings (SSSR count). The first kappa shape index (κ1) is 18.9. The molecule has 0 aromatic carbocycles. The fourth-order valence-electron chi connectivity index (χ4n) is 2.25. The zero-order valence-corrected chi connectivity index (χ0v) is 14.5. The van der Waals surface area contributed by atoms with Gasteiger partial charge in [-0.3, -0.25) is 9.59 Å². The summed E-state index contributed by atoms with van der Waals surface area (Å²) in [6, 6.07) is 5.33. The normalized spacial score (nSPS) is 17.1. The fourth-order valence-corrected chi connectivity index (χ4v) is 3.08. The Kier molecular flexibility index (Phi) is 7.85. The van der Waals surface area contributed by atoms with Gasteiger partial charge in [0.2, 0.25) is 0 Å². The Morgan fingerprint density at radius 2 is 2.23 bits per heavy atom. The molecule has 0 aliphatic carbocycles. The van der Waals surface area contributed by atoms with Crippen molar-refractivity contribution in [3.05, 3.63) is 24.4 Å². The molecule has 1 amide bonds. The SMILES string of the molecule is CC(C)N(CC(=O)[C@@H]1CCCN1)C(=O)Sc1ccccn1.Cl. The van der Waals surface area contributed by atoms with E-state index in [9.17, 15) is 9.59 Å². The van der Waals surface area contributed by atoms with Gasteiger partial charge in [-0.25, -0.2) is 4.98 Å². The van der Waals surface area contributed by atoms with Gasteiger partial charge in [-0.15, -0.1) is 12.4 Å². The summed E-state index contributed by atoms with van der Waals surface area (Å²) in [6.45, 7) is 4.89. The molecule has 2 heterocycles. The number of amides is 1. The van der Waals surface area contributed by atoms with Crippen LogP contribution in [-0.2, 0) is 4.79 Å². The van der Waals surface area contributed by atoms with E-state index in [-0.39, 0.29) is 42.1 Å². The zero-order valence-electron chi connectivity index (χ0n) is 12.8. The molecule has 122 valence electrons. The van der Waals surface area contributed by atoms with Gasteiger partial charge in [0.15, 0.2) is 5.78 Å². The molecule has 1 aliphatic heterocycles. The van der Waals surface area contributed by atoms with Gasteiger partial charge in [0, 0.05) is 12.2 Å². The number of halogens is 1. The molecule has 1 aromatic rings. The van der Waals surface area contributed by atoms with Crippen molar-refractivity contribution < 1.29 is 9.59 Å². The van der Waals surface area contributed by atoms with Crippen LogP contribution in [-0.4, -0.2) is 46.1 Å². The average molecular weight is 344 g/mol. The van der Waals surface area contributed by atoms with E-state index in [2.05, 4.69) is 10.3 Å². The molecule has 0 unspecified atom stereocenters. The molecule has 1 atom stereocenters. The predicted octanol–water partition coefficient (Wildman–Crippen LogP) is 2.75. The molecule has 1 fully saturated rings. The molecule has 1 aliphatic rings.